The summed E-state index contributed by atoms with van der Waals surface area (Å²) < 4.78 is 2.90. The van der Waals surface area contributed by atoms with Crippen molar-refractivity contribution in [3.8, 4) is 6.07 Å². The van der Waals surface area contributed by atoms with Gasteiger partial charge in [0.15, 0.2) is 4.77 Å². The summed E-state index contributed by atoms with van der Waals surface area (Å²) in [5, 5.41) is 9.02. The first kappa shape index (κ1) is 13.4. The van der Waals surface area contributed by atoms with Gasteiger partial charge >= 0.3 is 0 Å². The summed E-state index contributed by atoms with van der Waals surface area (Å²) in [5.74, 6) is 0.920. The van der Waals surface area contributed by atoms with Gasteiger partial charge in [-0.15, -0.1) is 0 Å². The van der Waals surface area contributed by atoms with Gasteiger partial charge in [-0.3, -0.25) is 0 Å². The minimum Gasteiger partial charge on any atom is -0.331 e. The van der Waals surface area contributed by atoms with Gasteiger partial charge in [0, 0.05) is 6.54 Å². The van der Waals surface area contributed by atoms with Gasteiger partial charge in [-0.1, -0.05) is 25.7 Å². The van der Waals surface area contributed by atoms with E-state index in [0.29, 0.717) is 5.56 Å². The van der Waals surface area contributed by atoms with E-state index in [1.54, 1.807) is 0 Å². The summed E-state index contributed by atoms with van der Waals surface area (Å²) in [5.41, 5.74) is 2.77. The van der Waals surface area contributed by atoms with Gasteiger partial charge in [0.25, 0.3) is 0 Å². The molecule has 0 bridgehead atoms. The molecule has 0 spiro atoms. The Morgan fingerprint density at radius 3 is 2.90 bits per heavy atom. The van der Waals surface area contributed by atoms with Gasteiger partial charge in [-0.25, -0.2) is 0 Å². The highest BCUT2D eigenvalue weighted by atomic mass is 32.1. The maximum atomic E-state index is 9.02. The number of nitriles is 1. The van der Waals surface area contributed by atoms with Crippen LogP contribution in [0.3, 0.4) is 0 Å². The lowest BCUT2D eigenvalue weighted by molar-refractivity contribution is 0.460. The lowest BCUT2D eigenvalue weighted by Crippen LogP contribution is -2.01. The summed E-state index contributed by atoms with van der Waals surface area (Å²) >= 11 is 5.41. The average Bonchev–Trinajstić information content (AvgIpc) is 3.07. The van der Waals surface area contributed by atoms with Crippen molar-refractivity contribution < 1.29 is 0 Å². The standard InChI is InChI=1S/C16H19N3S/c17-11-13-7-8-14-15(10-13)19(16(20)18-14)9-3-6-12-4-1-2-5-12/h7-8,10,12H,1-6,9H2,(H,18,20). The van der Waals surface area contributed by atoms with E-state index in [4.69, 9.17) is 17.5 Å². The summed E-state index contributed by atoms with van der Waals surface area (Å²) in [6.45, 7) is 0.949. The molecule has 1 N–H and O–H groups in total. The second kappa shape index (κ2) is 5.80. The third-order valence-electron chi connectivity index (χ3n) is 4.37. The Balaban J connectivity index is 1.77. The first-order valence-electron chi connectivity index (χ1n) is 7.40. The normalized spacial score (nSPS) is 15.8. The van der Waals surface area contributed by atoms with Crippen molar-refractivity contribution in [3.05, 3.63) is 28.5 Å². The van der Waals surface area contributed by atoms with E-state index >= 15 is 0 Å². The van der Waals surface area contributed by atoms with E-state index in [9.17, 15) is 0 Å². The molecule has 20 heavy (non-hydrogen) atoms. The Bertz CT molecular complexity index is 699. The highest BCUT2D eigenvalue weighted by Gasteiger charge is 2.14. The smallest absolute Gasteiger partial charge is 0.178 e. The molecule has 0 radical (unpaired) electrons. The summed E-state index contributed by atoms with van der Waals surface area (Å²) in [6, 6.07) is 7.89. The molecule has 0 amide bonds. The number of nitrogens with zero attached hydrogens (tertiary/aromatic N) is 2. The number of hydrogen-bond acceptors (Lipinski definition) is 2. The van der Waals surface area contributed by atoms with Gasteiger partial charge in [0.1, 0.15) is 0 Å². The predicted molar refractivity (Wildman–Crippen MR) is 83.0 cm³/mol. The van der Waals surface area contributed by atoms with Crippen LogP contribution in [0.2, 0.25) is 0 Å². The van der Waals surface area contributed by atoms with Crippen molar-refractivity contribution in [3.63, 3.8) is 0 Å². The van der Waals surface area contributed by atoms with Crippen LogP contribution in [0, 0.1) is 22.0 Å². The number of hydrogen-bond donors (Lipinski definition) is 1. The predicted octanol–water partition coefficient (Wildman–Crippen LogP) is 4.54. The Labute approximate surface area is 124 Å². The van der Waals surface area contributed by atoms with Crippen LogP contribution in [0.15, 0.2) is 18.2 Å². The van der Waals surface area contributed by atoms with E-state index < -0.39 is 0 Å². The van der Waals surface area contributed by atoms with Crippen LogP contribution in [-0.2, 0) is 6.54 Å². The summed E-state index contributed by atoms with van der Waals surface area (Å²) in [4.78, 5) is 3.23. The molecule has 1 fully saturated rings. The lowest BCUT2D eigenvalue weighted by Gasteiger charge is -2.09. The second-order valence-electron chi connectivity index (χ2n) is 5.72. The fourth-order valence-electron chi connectivity index (χ4n) is 3.28. The van der Waals surface area contributed by atoms with Crippen LogP contribution >= 0.6 is 12.2 Å². The second-order valence-corrected chi connectivity index (χ2v) is 6.10. The van der Waals surface area contributed by atoms with Gasteiger partial charge in [0.05, 0.1) is 22.7 Å². The van der Waals surface area contributed by atoms with Crippen molar-refractivity contribution in [1.29, 1.82) is 5.26 Å². The molecule has 0 unspecified atom stereocenters. The molecule has 0 saturated heterocycles. The third kappa shape index (κ3) is 2.64. The molecular weight excluding hydrogens is 266 g/mol. The maximum Gasteiger partial charge on any atom is 0.178 e. The van der Waals surface area contributed by atoms with E-state index in [0.717, 1.165) is 28.3 Å². The molecule has 0 atom stereocenters. The monoisotopic (exact) mass is 285 g/mol. The average molecular weight is 285 g/mol. The molecule has 4 heteroatoms. The van der Waals surface area contributed by atoms with E-state index in [1.807, 2.05) is 18.2 Å². The molecule has 0 aliphatic heterocycles. The summed E-state index contributed by atoms with van der Waals surface area (Å²) in [6.07, 6.45) is 8.08. The van der Waals surface area contributed by atoms with Crippen LogP contribution in [0.5, 0.6) is 0 Å². The maximum absolute atomic E-state index is 9.02. The minimum atomic E-state index is 0.691. The highest BCUT2D eigenvalue weighted by molar-refractivity contribution is 7.71. The van der Waals surface area contributed by atoms with Crippen LogP contribution in [-0.4, -0.2) is 9.55 Å². The molecule has 2 aromatic rings. The molecule has 3 rings (SSSR count). The van der Waals surface area contributed by atoms with Gasteiger partial charge in [-0.05, 0) is 49.2 Å². The SMILES string of the molecule is N#Cc1ccc2[nH]c(=S)n(CCCC3CCCC3)c2c1. The fraction of sp³-hybridized carbons (Fsp3) is 0.500. The summed E-state index contributed by atoms with van der Waals surface area (Å²) in [7, 11) is 0. The molecule has 1 aromatic heterocycles. The molecule has 104 valence electrons. The largest absolute Gasteiger partial charge is 0.331 e. The van der Waals surface area contributed by atoms with Crippen molar-refractivity contribution >= 4 is 23.3 Å². The van der Waals surface area contributed by atoms with Crippen molar-refractivity contribution in [2.24, 2.45) is 5.92 Å². The lowest BCUT2D eigenvalue weighted by atomic mass is 10.0. The van der Waals surface area contributed by atoms with Crippen molar-refractivity contribution in [2.45, 2.75) is 45.1 Å². The van der Waals surface area contributed by atoms with Crippen molar-refractivity contribution in [2.75, 3.05) is 0 Å². The quantitative estimate of drug-likeness (QED) is 0.838. The minimum absolute atomic E-state index is 0.691. The van der Waals surface area contributed by atoms with Crippen LogP contribution < -0.4 is 0 Å². The van der Waals surface area contributed by atoms with E-state index in [-0.39, 0.29) is 0 Å². The number of benzene rings is 1. The van der Waals surface area contributed by atoms with Gasteiger partial charge in [0.2, 0.25) is 0 Å². The zero-order valence-electron chi connectivity index (χ0n) is 11.6. The Morgan fingerprint density at radius 1 is 1.35 bits per heavy atom. The molecular formula is C16H19N3S. The molecule has 1 aliphatic carbocycles. The Kier molecular flexibility index (Phi) is 3.88. The third-order valence-corrected chi connectivity index (χ3v) is 4.70. The number of fused-ring (bicyclic) bond motifs is 1. The Hall–Kier alpha value is -1.60. The molecule has 1 aliphatic rings. The topological polar surface area (TPSA) is 44.5 Å². The molecule has 1 heterocycles. The molecule has 1 aromatic carbocycles. The van der Waals surface area contributed by atoms with Crippen LogP contribution in [0.25, 0.3) is 11.0 Å². The first-order chi connectivity index (χ1) is 9.78. The Morgan fingerprint density at radius 2 is 2.15 bits per heavy atom. The zero-order chi connectivity index (χ0) is 13.9. The number of nitrogens with one attached hydrogen (secondary N) is 1. The number of aryl methyl sites for hydroxylation is 1. The first-order valence-corrected chi connectivity index (χ1v) is 7.81. The fourth-order valence-corrected chi connectivity index (χ4v) is 3.58. The zero-order valence-corrected chi connectivity index (χ0v) is 12.4. The van der Waals surface area contributed by atoms with Gasteiger partial charge < -0.3 is 9.55 Å². The van der Waals surface area contributed by atoms with E-state index in [2.05, 4.69) is 15.6 Å². The number of rotatable bonds is 4. The van der Waals surface area contributed by atoms with Crippen molar-refractivity contribution in [1.82, 2.24) is 9.55 Å². The highest BCUT2D eigenvalue weighted by Crippen LogP contribution is 2.29. The number of aromatic amines is 1. The number of imidazole rings is 1. The van der Waals surface area contributed by atoms with E-state index in [1.165, 1.54) is 38.5 Å². The van der Waals surface area contributed by atoms with Crippen LogP contribution in [0.4, 0.5) is 0 Å². The van der Waals surface area contributed by atoms with Gasteiger partial charge in [-0.2, -0.15) is 5.26 Å². The molecule has 1 saturated carbocycles. The molecule has 3 nitrogen and oxygen atoms in total. The van der Waals surface area contributed by atoms with Crippen LogP contribution in [0.1, 0.15) is 44.1 Å². The number of aromatic nitrogens is 2. The number of H-pyrrole nitrogens is 1.